The van der Waals surface area contributed by atoms with Gasteiger partial charge in [-0.05, 0) is 36.6 Å². The number of para-hydroxylation sites is 1. The molecule has 0 spiro atoms. The summed E-state index contributed by atoms with van der Waals surface area (Å²) in [6, 6.07) is 11.8. The third-order valence-electron chi connectivity index (χ3n) is 4.71. The molecule has 2 aromatic rings. The van der Waals surface area contributed by atoms with E-state index < -0.39 is 12.7 Å². The fraction of sp³-hybridized carbons (Fsp3) is 0.409. The van der Waals surface area contributed by atoms with Gasteiger partial charge in [0.05, 0.1) is 19.3 Å². The summed E-state index contributed by atoms with van der Waals surface area (Å²) in [7, 11) is 0. The van der Waals surface area contributed by atoms with E-state index in [2.05, 4.69) is 10.1 Å². The molecule has 1 unspecified atom stereocenters. The van der Waals surface area contributed by atoms with Gasteiger partial charge in [-0.3, -0.25) is 4.79 Å². The van der Waals surface area contributed by atoms with Crippen LogP contribution < -0.4 is 19.5 Å². The highest BCUT2D eigenvalue weighted by Crippen LogP contribution is 2.31. The summed E-state index contributed by atoms with van der Waals surface area (Å²) in [5, 5.41) is 2.92. The summed E-state index contributed by atoms with van der Waals surface area (Å²) in [6.07, 6.45) is 2.20. The Morgan fingerprint density at radius 3 is 2.66 bits per heavy atom. The lowest BCUT2D eigenvalue weighted by atomic mass is 10.0. The average Bonchev–Trinajstić information content (AvgIpc) is 2.95. The Morgan fingerprint density at radius 2 is 1.90 bits per heavy atom. The second kappa shape index (κ2) is 10.1. The zero-order valence-corrected chi connectivity index (χ0v) is 16.3. The highest BCUT2D eigenvalue weighted by atomic mass is 19.3. The lowest BCUT2D eigenvalue weighted by Crippen LogP contribution is -2.28. The van der Waals surface area contributed by atoms with Crippen molar-refractivity contribution in [3.63, 3.8) is 0 Å². The minimum Gasteiger partial charge on any atom is -0.490 e. The van der Waals surface area contributed by atoms with Crippen molar-refractivity contribution in [3.05, 3.63) is 53.6 Å². The van der Waals surface area contributed by atoms with Crippen LogP contribution in [0.15, 0.2) is 42.5 Å². The SMILES string of the molecule is CCC(NC(=O)CCc1ccc2c(c1)OCCCO2)c1ccccc1OC(F)F. The molecule has 0 saturated heterocycles. The van der Waals surface area contributed by atoms with Gasteiger partial charge in [0, 0.05) is 18.4 Å². The van der Waals surface area contributed by atoms with Gasteiger partial charge < -0.3 is 19.5 Å². The first-order chi connectivity index (χ1) is 14.1. The van der Waals surface area contributed by atoms with E-state index in [-0.39, 0.29) is 18.1 Å². The predicted octanol–water partition coefficient (Wildman–Crippen LogP) is 4.65. The first-order valence-electron chi connectivity index (χ1n) is 9.78. The number of carbonyl (C=O) groups is 1. The zero-order chi connectivity index (χ0) is 20.6. The van der Waals surface area contributed by atoms with E-state index in [1.807, 2.05) is 25.1 Å². The van der Waals surface area contributed by atoms with Gasteiger partial charge in [0.25, 0.3) is 0 Å². The van der Waals surface area contributed by atoms with Crippen LogP contribution in [-0.2, 0) is 11.2 Å². The van der Waals surface area contributed by atoms with Gasteiger partial charge in [0.15, 0.2) is 11.5 Å². The summed E-state index contributed by atoms with van der Waals surface area (Å²) in [4.78, 5) is 12.5. The van der Waals surface area contributed by atoms with E-state index >= 15 is 0 Å². The number of alkyl halides is 2. The Kier molecular flexibility index (Phi) is 7.27. The lowest BCUT2D eigenvalue weighted by molar-refractivity contribution is -0.121. The van der Waals surface area contributed by atoms with Crippen molar-refractivity contribution in [1.29, 1.82) is 0 Å². The van der Waals surface area contributed by atoms with Crippen molar-refractivity contribution in [1.82, 2.24) is 5.32 Å². The van der Waals surface area contributed by atoms with Gasteiger partial charge in [0.2, 0.25) is 5.91 Å². The fourth-order valence-electron chi connectivity index (χ4n) is 3.26. The molecule has 1 aliphatic rings. The number of carbonyl (C=O) groups excluding carboxylic acids is 1. The van der Waals surface area contributed by atoms with Crippen LogP contribution in [0.2, 0.25) is 0 Å². The second-order valence-corrected chi connectivity index (χ2v) is 6.78. The van der Waals surface area contributed by atoms with Crippen LogP contribution in [0.3, 0.4) is 0 Å². The Morgan fingerprint density at radius 1 is 1.14 bits per heavy atom. The molecule has 1 atom stereocenters. The largest absolute Gasteiger partial charge is 0.490 e. The van der Waals surface area contributed by atoms with Gasteiger partial charge >= 0.3 is 6.61 Å². The smallest absolute Gasteiger partial charge is 0.387 e. The van der Waals surface area contributed by atoms with Crippen LogP contribution in [-0.4, -0.2) is 25.7 Å². The molecule has 0 fully saturated rings. The quantitative estimate of drug-likeness (QED) is 0.695. The average molecular weight is 405 g/mol. The number of halogens is 2. The molecule has 156 valence electrons. The van der Waals surface area contributed by atoms with E-state index in [0.717, 1.165) is 17.7 Å². The van der Waals surface area contributed by atoms with Crippen LogP contribution in [0.5, 0.6) is 17.2 Å². The normalized spacial score (nSPS) is 14.2. The molecule has 5 nitrogen and oxygen atoms in total. The molecule has 0 saturated carbocycles. The number of hydrogen-bond acceptors (Lipinski definition) is 4. The van der Waals surface area contributed by atoms with Crippen LogP contribution in [0.4, 0.5) is 8.78 Å². The summed E-state index contributed by atoms with van der Waals surface area (Å²) >= 11 is 0. The first-order valence-corrected chi connectivity index (χ1v) is 9.78. The molecule has 3 rings (SSSR count). The van der Waals surface area contributed by atoms with Gasteiger partial charge in [-0.25, -0.2) is 0 Å². The molecule has 2 aromatic carbocycles. The standard InChI is InChI=1S/C22H25F2NO4/c1-2-17(16-6-3-4-7-18(16)29-22(23)24)25-21(26)11-9-15-8-10-19-20(14-15)28-13-5-12-27-19/h3-4,6-8,10,14,17,22H,2,5,9,11-13H2,1H3,(H,25,26). The number of aryl methyl sites for hydroxylation is 1. The Balaban J connectivity index is 1.61. The van der Waals surface area contributed by atoms with E-state index in [9.17, 15) is 13.6 Å². The number of rotatable bonds is 8. The Bertz CT molecular complexity index is 828. The Labute approximate surface area is 169 Å². The van der Waals surface area contributed by atoms with E-state index in [1.165, 1.54) is 6.07 Å². The highest BCUT2D eigenvalue weighted by Gasteiger charge is 2.19. The topological polar surface area (TPSA) is 56.8 Å². The molecule has 1 N–H and O–H groups in total. The molecular formula is C22H25F2NO4. The predicted molar refractivity (Wildman–Crippen MR) is 105 cm³/mol. The van der Waals surface area contributed by atoms with Crippen molar-refractivity contribution in [2.45, 2.75) is 45.3 Å². The van der Waals surface area contributed by atoms with Crippen LogP contribution in [0, 0.1) is 0 Å². The molecule has 1 heterocycles. The first kappa shape index (κ1) is 20.9. The molecule has 0 aliphatic carbocycles. The van der Waals surface area contributed by atoms with Gasteiger partial charge in [0.1, 0.15) is 5.75 Å². The molecule has 0 bridgehead atoms. The Hall–Kier alpha value is -2.83. The van der Waals surface area contributed by atoms with E-state index in [4.69, 9.17) is 9.47 Å². The molecule has 0 aromatic heterocycles. The number of amides is 1. The number of ether oxygens (including phenoxy) is 3. The zero-order valence-electron chi connectivity index (χ0n) is 16.3. The highest BCUT2D eigenvalue weighted by molar-refractivity contribution is 5.77. The van der Waals surface area contributed by atoms with Gasteiger partial charge in [-0.1, -0.05) is 31.2 Å². The minimum atomic E-state index is -2.91. The molecule has 1 aliphatic heterocycles. The fourth-order valence-corrected chi connectivity index (χ4v) is 3.26. The number of nitrogens with one attached hydrogen (secondary N) is 1. The van der Waals surface area contributed by atoms with Crippen molar-refractivity contribution in [3.8, 4) is 17.2 Å². The second-order valence-electron chi connectivity index (χ2n) is 6.78. The summed E-state index contributed by atoms with van der Waals surface area (Å²) in [5.74, 6) is 1.34. The van der Waals surface area contributed by atoms with Crippen molar-refractivity contribution in [2.75, 3.05) is 13.2 Å². The summed E-state index contributed by atoms with van der Waals surface area (Å²) in [6.45, 7) is 0.205. The van der Waals surface area contributed by atoms with E-state index in [1.54, 1.807) is 18.2 Å². The third-order valence-corrected chi connectivity index (χ3v) is 4.71. The number of fused-ring (bicyclic) bond motifs is 1. The van der Waals surface area contributed by atoms with E-state index in [0.29, 0.717) is 37.4 Å². The molecule has 29 heavy (non-hydrogen) atoms. The van der Waals surface area contributed by atoms with Crippen molar-refractivity contribution in [2.24, 2.45) is 0 Å². The summed E-state index contributed by atoms with van der Waals surface area (Å²) in [5.41, 5.74) is 1.51. The maximum atomic E-state index is 12.7. The van der Waals surface area contributed by atoms with Crippen molar-refractivity contribution >= 4 is 5.91 Å². The molecule has 0 radical (unpaired) electrons. The maximum Gasteiger partial charge on any atom is 0.387 e. The van der Waals surface area contributed by atoms with Crippen molar-refractivity contribution < 1.29 is 27.8 Å². The summed E-state index contributed by atoms with van der Waals surface area (Å²) < 4.78 is 41.2. The molecule has 7 heteroatoms. The third kappa shape index (κ3) is 5.82. The van der Waals surface area contributed by atoms with Gasteiger partial charge in [-0.15, -0.1) is 0 Å². The molecule has 1 amide bonds. The number of hydrogen-bond donors (Lipinski definition) is 1. The van der Waals surface area contributed by atoms with Crippen LogP contribution in [0.25, 0.3) is 0 Å². The van der Waals surface area contributed by atoms with Crippen LogP contribution in [0.1, 0.15) is 43.4 Å². The molecular weight excluding hydrogens is 380 g/mol. The lowest BCUT2D eigenvalue weighted by Gasteiger charge is -2.20. The van der Waals surface area contributed by atoms with Crippen LogP contribution >= 0.6 is 0 Å². The van der Waals surface area contributed by atoms with Gasteiger partial charge in [-0.2, -0.15) is 8.78 Å². The monoisotopic (exact) mass is 405 g/mol. The minimum absolute atomic E-state index is 0.0811. The maximum absolute atomic E-state index is 12.7. The number of benzene rings is 2.